The van der Waals surface area contributed by atoms with Gasteiger partial charge in [-0.2, -0.15) is 0 Å². The zero-order valence-electron chi connectivity index (χ0n) is 16.9. The molecule has 0 saturated heterocycles. The van der Waals surface area contributed by atoms with Crippen LogP contribution in [0.3, 0.4) is 0 Å². The van der Waals surface area contributed by atoms with Crippen molar-refractivity contribution in [3.8, 4) is 17.3 Å². The Morgan fingerprint density at radius 3 is 2.93 bits per heavy atom. The average molecular weight is 394 g/mol. The molecule has 8 heteroatoms. The summed E-state index contributed by atoms with van der Waals surface area (Å²) in [5, 5.41) is 14.0. The van der Waals surface area contributed by atoms with Crippen LogP contribution in [0.4, 0.5) is 0 Å². The van der Waals surface area contributed by atoms with E-state index in [-0.39, 0.29) is 11.6 Å². The van der Waals surface area contributed by atoms with E-state index in [9.17, 15) is 0 Å². The first-order valence-electron chi connectivity index (χ1n) is 9.82. The molecule has 8 nitrogen and oxygen atoms in total. The van der Waals surface area contributed by atoms with Crippen LogP contribution >= 0.6 is 0 Å². The second-order valence-electron chi connectivity index (χ2n) is 7.58. The second-order valence-corrected chi connectivity index (χ2v) is 7.58. The third kappa shape index (κ3) is 4.42. The Kier molecular flexibility index (Phi) is 5.24. The van der Waals surface area contributed by atoms with E-state index < -0.39 is 0 Å². The topological polar surface area (TPSA) is 100 Å². The molecule has 29 heavy (non-hydrogen) atoms. The van der Waals surface area contributed by atoms with Gasteiger partial charge in [0.25, 0.3) is 0 Å². The molecule has 1 unspecified atom stereocenters. The van der Waals surface area contributed by atoms with Crippen molar-refractivity contribution in [1.82, 2.24) is 25.8 Å². The zero-order chi connectivity index (χ0) is 20.3. The van der Waals surface area contributed by atoms with E-state index in [0.717, 1.165) is 30.2 Å². The zero-order valence-corrected chi connectivity index (χ0v) is 16.9. The van der Waals surface area contributed by atoms with Gasteiger partial charge in [-0.3, -0.25) is 5.10 Å². The fraction of sp³-hybridized carbons (Fsp3) is 0.381. The van der Waals surface area contributed by atoms with Gasteiger partial charge in [0.05, 0.1) is 12.3 Å². The first-order valence-corrected chi connectivity index (χ1v) is 9.82. The molecule has 2 aromatic heterocycles. The number of H-pyrrole nitrogens is 1. The van der Waals surface area contributed by atoms with E-state index in [1.54, 1.807) is 6.26 Å². The smallest absolute Gasteiger partial charge is 0.216 e. The Bertz CT molecular complexity index is 977. The number of benzene rings is 1. The largest absolute Gasteiger partial charge is 0.487 e. The van der Waals surface area contributed by atoms with E-state index in [1.165, 1.54) is 0 Å². The molecule has 0 radical (unpaired) electrons. The Labute approximate surface area is 169 Å². The van der Waals surface area contributed by atoms with Gasteiger partial charge >= 0.3 is 0 Å². The first-order chi connectivity index (χ1) is 14.0. The summed E-state index contributed by atoms with van der Waals surface area (Å²) in [6.45, 7) is 7.38. The summed E-state index contributed by atoms with van der Waals surface area (Å²) < 4.78 is 11.5. The van der Waals surface area contributed by atoms with Gasteiger partial charge in [0.1, 0.15) is 23.7 Å². The van der Waals surface area contributed by atoms with E-state index in [0.29, 0.717) is 24.0 Å². The summed E-state index contributed by atoms with van der Waals surface area (Å²) in [5.74, 6) is 3.46. The number of ether oxygens (including phenoxy) is 1. The average Bonchev–Trinajstić information content (AvgIpc) is 3.37. The van der Waals surface area contributed by atoms with Crippen molar-refractivity contribution in [2.75, 3.05) is 6.54 Å². The number of furan rings is 1. The number of fused-ring (bicyclic) bond motifs is 1. The van der Waals surface area contributed by atoms with Crippen molar-refractivity contribution in [2.45, 2.75) is 45.4 Å². The number of nitrogens with one attached hydrogen (secondary N) is 3. The van der Waals surface area contributed by atoms with Crippen molar-refractivity contribution >= 4 is 5.96 Å². The number of para-hydroxylation sites is 1. The summed E-state index contributed by atoms with van der Waals surface area (Å²) in [4.78, 5) is 9.13. The van der Waals surface area contributed by atoms with Crippen LogP contribution in [0.5, 0.6) is 5.75 Å². The molecule has 1 aliphatic heterocycles. The number of guanidine groups is 1. The monoisotopic (exact) mass is 394 g/mol. The fourth-order valence-corrected chi connectivity index (χ4v) is 3.45. The molecule has 1 aromatic carbocycles. The standard InChI is InChI=1S/C21H26N6O2/c1-4-22-20(23-13-18-25-19(27-26-18)17-10-7-11-28-17)24-15-12-21(2,3)29-16-9-6-5-8-14(15)16/h5-11,15H,4,12-13H2,1-3H3,(H2,22,23,24)(H,25,26,27). The highest BCUT2D eigenvalue weighted by atomic mass is 16.5. The van der Waals surface area contributed by atoms with Gasteiger partial charge in [-0.05, 0) is 39.0 Å². The Hall–Kier alpha value is -3.29. The predicted molar refractivity (Wildman–Crippen MR) is 111 cm³/mol. The number of hydrogen-bond donors (Lipinski definition) is 3. The number of hydrogen-bond acceptors (Lipinski definition) is 5. The van der Waals surface area contributed by atoms with E-state index in [1.807, 2.05) is 37.3 Å². The Morgan fingerprint density at radius 2 is 2.14 bits per heavy atom. The van der Waals surface area contributed by atoms with Crippen molar-refractivity contribution in [2.24, 2.45) is 4.99 Å². The molecular weight excluding hydrogens is 368 g/mol. The highest BCUT2D eigenvalue weighted by molar-refractivity contribution is 5.80. The number of nitrogens with zero attached hydrogens (tertiary/aromatic N) is 3. The van der Waals surface area contributed by atoms with E-state index >= 15 is 0 Å². The van der Waals surface area contributed by atoms with Crippen LogP contribution in [0, 0.1) is 0 Å². The summed E-state index contributed by atoms with van der Waals surface area (Å²) in [7, 11) is 0. The van der Waals surface area contributed by atoms with Gasteiger partial charge < -0.3 is 19.8 Å². The van der Waals surface area contributed by atoms with Crippen LogP contribution in [0.25, 0.3) is 11.6 Å². The van der Waals surface area contributed by atoms with Gasteiger partial charge in [-0.1, -0.05) is 18.2 Å². The molecule has 1 aliphatic rings. The van der Waals surface area contributed by atoms with Crippen molar-refractivity contribution < 1.29 is 9.15 Å². The van der Waals surface area contributed by atoms with Crippen molar-refractivity contribution in [3.05, 3.63) is 54.0 Å². The van der Waals surface area contributed by atoms with Crippen LogP contribution in [0.2, 0.25) is 0 Å². The summed E-state index contributed by atoms with van der Waals surface area (Å²) in [6.07, 6.45) is 2.43. The van der Waals surface area contributed by atoms with Crippen LogP contribution in [0.1, 0.15) is 44.6 Å². The van der Waals surface area contributed by atoms with Gasteiger partial charge in [0.15, 0.2) is 11.7 Å². The minimum absolute atomic E-state index is 0.0983. The molecule has 0 amide bonds. The SMILES string of the molecule is CCNC(=NCc1nc(-c2ccco2)n[nH]1)NC1CC(C)(C)Oc2ccccc21. The molecule has 0 aliphatic carbocycles. The fourth-order valence-electron chi connectivity index (χ4n) is 3.45. The lowest BCUT2D eigenvalue weighted by atomic mass is 9.90. The number of rotatable bonds is 5. The molecule has 0 fully saturated rings. The normalized spacial score (nSPS) is 18.0. The molecule has 0 spiro atoms. The molecule has 0 bridgehead atoms. The molecular formula is C21H26N6O2. The molecule has 0 saturated carbocycles. The Morgan fingerprint density at radius 1 is 1.28 bits per heavy atom. The quantitative estimate of drug-likeness (QED) is 0.453. The highest BCUT2D eigenvalue weighted by Crippen LogP contribution is 2.39. The van der Waals surface area contributed by atoms with Gasteiger partial charge in [-0.25, -0.2) is 9.98 Å². The summed E-state index contributed by atoms with van der Waals surface area (Å²) in [5.41, 5.74) is 0.879. The van der Waals surface area contributed by atoms with Crippen LogP contribution < -0.4 is 15.4 Å². The van der Waals surface area contributed by atoms with Crippen molar-refractivity contribution in [3.63, 3.8) is 0 Å². The first kappa shape index (κ1) is 19.0. The van der Waals surface area contributed by atoms with E-state index in [2.05, 4.69) is 50.7 Å². The maximum atomic E-state index is 6.13. The minimum Gasteiger partial charge on any atom is -0.487 e. The van der Waals surface area contributed by atoms with Crippen LogP contribution in [0.15, 0.2) is 52.1 Å². The molecule has 3 N–H and O–H groups in total. The van der Waals surface area contributed by atoms with Crippen LogP contribution in [-0.2, 0) is 6.54 Å². The lowest BCUT2D eigenvalue weighted by molar-refractivity contribution is 0.0694. The summed E-state index contributed by atoms with van der Waals surface area (Å²) in [6, 6.07) is 11.9. The third-order valence-corrected chi connectivity index (χ3v) is 4.69. The molecule has 3 heterocycles. The number of aromatic nitrogens is 3. The molecule has 4 rings (SSSR count). The molecule has 152 valence electrons. The minimum atomic E-state index is -0.258. The van der Waals surface area contributed by atoms with Gasteiger partial charge in [-0.15, -0.1) is 5.10 Å². The highest BCUT2D eigenvalue weighted by Gasteiger charge is 2.33. The van der Waals surface area contributed by atoms with Crippen molar-refractivity contribution in [1.29, 1.82) is 0 Å². The predicted octanol–water partition coefficient (Wildman–Crippen LogP) is 3.42. The van der Waals surface area contributed by atoms with E-state index in [4.69, 9.17) is 9.15 Å². The molecule has 3 aromatic rings. The lowest BCUT2D eigenvalue weighted by Gasteiger charge is -2.38. The third-order valence-electron chi connectivity index (χ3n) is 4.69. The Balaban J connectivity index is 1.51. The lowest BCUT2D eigenvalue weighted by Crippen LogP contribution is -2.45. The maximum absolute atomic E-state index is 6.13. The van der Waals surface area contributed by atoms with Gasteiger partial charge in [0.2, 0.25) is 5.82 Å². The maximum Gasteiger partial charge on any atom is 0.216 e. The second kappa shape index (κ2) is 7.98. The molecule has 1 atom stereocenters. The number of aromatic amines is 1. The van der Waals surface area contributed by atoms with Gasteiger partial charge in [0, 0.05) is 18.5 Å². The van der Waals surface area contributed by atoms with Crippen LogP contribution in [-0.4, -0.2) is 33.3 Å². The summed E-state index contributed by atoms with van der Waals surface area (Å²) >= 11 is 0. The number of aliphatic imine (C=N–C) groups is 1.